The summed E-state index contributed by atoms with van der Waals surface area (Å²) in [7, 11) is 6.01. The van der Waals surface area contributed by atoms with E-state index in [0.717, 1.165) is 5.69 Å². The van der Waals surface area contributed by atoms with E-state index in [-0.39, 0.29) is 6.04 Å². The Morgan fingerprint density at radius 3 is 2.67 bits per heavy atom. The van der Waals surface area contributed by atoms with Crippen molar-refractivity contribution in [1.29, 1.82) is 0 Å². The van der Waals surface area contributed by atoms with Gasteiger partial charge in [-0.25, -0.2) is 0 Å². The highest BCUT2D eigenvalue weighted by molar-refractivity contribution is 5.48. The lowest BCUT2D eigenvalue weighted by atomic mass is 10.0. The summed E-state index contributed by atoms with van der Waals surface area (Å²) in [6.45, 7) is 0. The van der Waals surface area contributed by atoms with Crippen LogP contribution in [0.1, 0.15) is 17.3 Å². The smallest absolute Gasteiger partial charge is 0.0801 e. The molecule has 2 rings (SSSR count). The summed E-state index contributed by atoms with van der Waals surface area (Å²) < 4.78 is 0. The molecule has 1 aromatic heterocycles. The van der Waals surface area contributed by atoms with Crippen molar-refractivity contribution in [1.82, 2.24) is 15.3 Å². The second-order valence-corrected chi connectivity index (χ2v) is 4.34. The summed E-state index contributed by atoms with van der Waals surface area (Å²) in [5.74, 6) is 0. The average molecular weight is 242 g/mol. The van der Waals surface area contributed by atoms with Gasteiger partial charge < -0.3 is 10.2 Å². The third-order valence-corrected chi connectivity index (χ3v) is 2.89. The van der Waals surface area contributed by atoms with E-state index in [1.165, 1.54) is 11.3 Å². The molecular weight excluding hydrogens is 224 g/mol. The molecule has 0 radical (unpaired) electrons. The van der Waals surface area contributed by atoms with Crippen LogP contribution in [0, 0.1) is 0 Å². The van der Waals surface area contributed by atoms with Gasteiger partial charge in [-0.1, -0.05) is 12.1 Å². The van der Waals surface area contributed by atoms with Crippen LogP contribution in [-0.2, 0) is 0 Å². The molecule has 1 N–H and O–H groups in total. The minimum absolute atomic E-state index is 0.0681. The van der Waals surface area contributed by atoms with Gasteiger partial charge in [-0.05, 0) is 24.7 Å². The summed E-state index contributed by atoms with van der Waals surface area (Å²) in [5.41, 5.74) is 3.29. The second kappa shape index (κ2) is 5.60. The maximum atomic E-state index is 4.36. The zero-order chi connectivity index (χ0) is 13.0. The fraction of sp³-hybridized carbons (Fsp3) is 0.286. The number of benzene rings is 1. The molecular formula is C14H18N4. The molecule has 18 heavy (non-hydrogen) atoms. The number of nitrogens with zero attached hydrogens (tertiary/aromatic N) is 3. The molecule has 4 heteroatoms. The topological polar surface area (TPSA) is 41.0 Å². The number of anilines is 1. The molecule has 4 nitrogen and oxygen atoms in total. The molecule has 0 aliphatic rings. The number of hydrogen-bond donors (Lipinski definition) is 1. The molecule has 0 saturated carbocycles. The van der Waals surface area contributed by atoms with Gasteiger partial charge >= 0.3 is 0 Å². The summed E-state index contributed by atoms with van der Waals surface area (Å²) in [6, 6.07) is 8.48. The van der Waals surface area contributed by atoms with Crippen molar-refractivity contribution in [2.75, 3.05) is 26.0 Å². The van der Waals surface area contributed by atoms with Crippen molar-refractivity contribution < 1.29 is 0 Å². The molecule has 0 spiro atoms. The maximum Gasteiger partial charge on any atom is 0.0801 e. The van der Waals surface area contributed by atoms with Gasteiger partial charge in [0.25, 0.3) is 0 Å². The van der Waals surface area contributed by atoms with Crippen LogP contribution in [0.5, 0.6) is 0 Å². The summed E-state index contributed by atoms with van der Waals surface area (Å²) in [4.78, 5) is 10.6. The van der Waals surface area contributed by atoms with Crippen molar-refractivity contribution in [3.05, 3.63) is 54.1 Å². The Hall–Kier alpha value is -1.94. The number of rotatable bonds is 4. The van der Waals surface area contributed by atoms with Crippen molar-refractivity contribution in [3.8, 4) is 0 Å². The lowest BCUT2D eigenvalue weighted by Crippen LogP contribution is -2.19. The van der Waals surface area contributed by atoms with Crippen molar-refractivity contribution >= 4 is 5.69 Å². The van der Waals surface area contributed by atoms with E-state index in [0.29, 0.717) is 0 Å². The van der Waals surface area contributed by atoms with Crippen LogP contribution in [0.15, 0.2) is 42.9 Å². The first-order valence-electron chi connectivity index (χ1n) is 5.93. The van der Waals surface area contributed by atoms with Gasteiger partial charge in [-0.3, -0.25) is 9.97 Å². The predicted octanol–water partition coefficient (Wildman–Crippen LogP) is 1.85. The first kappa shape index (κ1) is 12.5. The van der Waals surface area contributed by atoms with Crippen LogP contribution in [0.4, 0.5) is 5.69 Å². The van der Waals surface area contributed by atoms with E-state index in [4.69, 9.17) is 0 Å². The molecule has 94 valence electrons. The van der Waals surface area contributed by atoms with E-state index >= 15 is 0 Å². The average Bonchev–Trinajstić information content (AvgIpc) is 2.41. The Labute approximate surface area is 108 Å². The molecule has 1 aromatic carbocycles. The SMILES string of the molecule is CNC(c1cccc(N(C)C)c1)c1cnccn1. The fourth-order valence-corrected chi connectivity index (χ4v) is 1.93. The van der Waals surface area contributed by atoms with Gasteiger partial charge in [0.15, 0.2) is 0 Å². The minimum Gasteiger partial charge on any atom is -0.378 e. The molecule has 0 fully saturated rings. The lowest BCUT2D eigenvalue weighted by Gasteiger charge is -2.19. The summed E-state index contributed by atoms with van der Waals surface area (Å²) >= 11 is 0. The largest absolute Gasteiger partial charge is 0.378 e. The van der Waals surface area contributed by atoms with E-state index in [9.17, 15) is 0 Å². The second-order valence-electron chi connectivity index (χ2n) is 4.34. The molecule has 0 amide bonds. The molecule has 2 aromatic rings. The van der Waals surface area contributed by atoms with Gasteiger partial charge in [0.05, 0.1) is 17.9 Å². The van der Waals surface area contributed by atoms with Gasteiger partial charge in [0.2, 0.25) is 0 Å². The van der Waals surface area contributed by atoms with Crippen molar-refractivity contribution in [3.63, 3.8) is 0 Å². The highest BCUT2D eigenvalue weighted by Crippen LogP contribution is 2.23. The number of aromatic nitrogens is 2. The van der Waals surface area contributed by atoms with Crippen molar-refractivity contribution in [2.45, 2.75) is 6.04 Å². The number of hydrogen-bond acceptors (Lipinski definition) is 4. The summed E-state index contributed by atoms with van der Waals surface area (Å²) in [6.07, 6.45) is 5.20. The monoisotopic (exact) mass is 242 g/mol. The normalized spacial score (nSPS) is 12.2. The molecule has 1 atom stereocenters. The molecule has 1 unspecified atom stereocenters. The predicted molar refractivity (Wildman–Crippen MR) is 73.7 cm³/mol. The van der Waals surface area contributed by atoms with Gasteiger partial charge in [0.1, 0.15) is 0 Å². The Kier molecular flexibility index (Phi) is 3.89. The fourth-order valence-electron chi connectivity index (χ4n) is 1.93. The van der Waals surface area contributed by atoms with Gasteiger partial charge in [0, 0.05) is 32.2 Å². The molecule has 0 bridgehead atoms. The van der Waals surface area contributed by atoms with Gasteiger partial charge in [-0.2, -0.15) is 0 Å². The van der Waals surface area contributed by atoms with E-state index in [1.807, 2.05) is 21.1 Å². The quantitative estimate of drug-likeness (QED) is 0.888. The first-order valence-corrected chi connectivity index (χ1v) is 5.93. The van der Waals surface area contributed by atoms with E-state index in [1.54, 1.807) is 18.6 Å². The Morgan fingerprint density at radius 1 is 1.22 bits per heavy atom. The zero-order valence-corrected chi connectivity index (χ0v) is 11.0. The van der Waals surface area contributed by atoms with Crippen molar-refractivity contribution in [2.24, 2.45) is 0 Å². The third-order valence-electron chi connectivity index (χ3n) is 2.89. The number of nitrogens with one attached hydrogen (secondary N) is 1. The molecule has 0 saturated heterocycles. The van der Waals surface area contributed by atoms with E-state index in [2.05, 4.69) is 44.5 Å². The Bertz CT molecular complexity index is 496. The lowest BCUT2D eigenvalue weighted by molar-refractivity contribution is 0.666. The van der Waals surface area contributed by atoms with Crippen LogP contribution in [0.25, 0.3) is 0 Å². The molecule has 0 aliphatic carbocycles. The van der Waals surface area contributed by atoms with Crippen LogP contribution >= 0.6 is 0 Å². The first-order chi connectivity index (χ1) is 8.72. The zero-order valence-electron chi connectivity index (χ0n) is 11.0. The van der Waals surface area contributed by atoms with Crippen LogP contribution in [0.3, 0.4) is 0 Å². The van der Waals surface area contributed by atoms with E-state index < -0.39 is 0 Å². The highest BCUT2D eigenvalue weighted by atomic mass is 15.1. The van der Waals surface area contributed by atoms with Crippen LogP contribution in [0.2, 0.25) is 0 Å². The Morgan fingerprint density at radius 2 is 2.06 bits per heavy atom. The van der Waals surface area contributed by atoms with Gasteiger partial charge in [-0.15, -0.1) is 0 Å². The maximum absolute atomic E-state index is 4.36. The van der Waals surface area contributed by atoms with Crippen LogP contribution < -0.4 is 10.2 Å². The Balaban J connectivity index is 2.36. The highest BCUT2D eigenvalue weighted by Gasteiger charge is 2.13. The molecule has 1 heterocycles. The minimum atomic E-state index is 0.0681. The standard InChI is InChI=1S/C14H18N4/c1-15-14(13-10-16-7-8-17-13)11-5-4-6-12(9-11)18(2)3/h4-10,14-15H,1-3H3. The molecule has 0 aliphatic heterocycles. The van der Waals surface area contributed by atoms with Crippen LogP contribution in [-0.4, -0.2) is 31.1 Å². The third kappa shape index (κ3) is 2.65. The summed E-state index contributed by atoms with van der Waals surface area (Å²) in [5, 5.41) is 3.28.